The van der Waals surface area contributed by atoms with Gasteiger partial charge in [-0.1, -0.05) is 11.6 Å². The van der Waals surface area contributed by atoms with Gasteiger partial charge in [0, 0.05) is 17.3 Å². The highest BCUT2D eigenvalue weighted by Crippen LogP contribution is 2.39. The number of aryl methyl sites for hydroxylation is 1. The number of aromatic nitrogens is 2. The van der Waals surface area contributed by atoms with Crippen LogP contribution in [0.25, 0.3) is 4.96 Å². The lowest BCUT2D eigenvalue weighted by Crippen LogP contribution is -2.09. The van der Waals surface area contributed by atoms with E-state index < -0.39 is 0 Å². The molecule has 3 aromatic rings. The molecule has 0 bridgehead atoms. The number of benzene rings is 1. The van der Waals surface area contributed by atoms with Crippen LogP contribution in [0.2, 0.25) is 5.02 Å². The van der Waals surface area contributed by atoms with Crippen LogP contribution in [-0.2, 0) is 22.6 Å². The third-order valence-corrected chi connectivity index (χ3v) is 4.79. The second-order valence-corrected chi connectivity index (χ2v) is 6.65. The molecule has 0 saturated heterocycles. The normalized spacial score (nSPS) is 12.8. The molecule has 2 aromatic heterocycles. The lowest BCUT2D eigenvalue weighted by molar-refractivity contribution is -0.144. The number of ether oxygens (including phenoxy) is 3. The summed E-state index contributed by atoms with van der Waals surface area (Å²) >= 11 is 7.62. The maximum Gasteiger partial charge on any atom is 0.312 e. The van der Waals surface area contributed by atoms with Gasteiger partial charge < -0.3 is 14.2 Å². The maximum absolute atomic E-state index is 12.1. The topological polar surface area (TPSA) is 62.1 Å². The van der Waals surface area contributed by atoms with Crippen LogP contribution in [0.5, 0.6) is 11.5 Å². The zero-order valence-electron chi connectivity index (χ0n) is 12.7. The molecule has 1 aliphatic heterocycles. The lowest BCUT2D eigenvalue weighted by Gasteiger charge is -2.07. The van der Waals surface area contributed by atoms with Crippen molar-refractivity contribution in [3.8, 4) is 11.5 Å². The molecule has 0 saturated carbocycles. The predicted molar refractivity (Wildman–Crippen MR) is 88.9 cm³/mol. The van der Waals surface area contributed by atoms with Crippen LogP contribution in [0.3, 0.4) is 0 Å². The molecule has 0 N–H and O–H groups in total. The molecule has 0 aliphatic carbocycles. The van der Waals surface area contributed by atoms with Crippen molar-refractivity contribution in [2.24, 2.45) is 0 Å². The fourth-order valence-electron chi connectivity index (χ4n) is 2.54. The van der Waals surface area contributed by atoms with Gasteiger partial charge in [-0.25, -0.2) is 4.98 Å². The number of thiazole rings is 1. The Morgan fingerprint density at radius 1 is 1.46 bits per heavy atom. The highest BCUT2D eigenvalue weighted by Gasteiger charge is 2.19. The van der Waals surface area contributed by atoms with Gasteiger partial charge in [0.15, 0.2) is 16.5 Å². The summed E-state index contributed by atoms with van der Waals surface area (Å²) in [6.07, 6.45) is 2.10. The number of hydrogen-bond donors (Lipinski definition) is 0. The first-order valence-corrected chi connectivity index (χ1v) is 8.51. The number of carbonyl (C=O) groups excluding carboxylic acids is 1. The van der Waals surface area contributed by atoms with Crippen LogP contribution in [0.4, 0.5) is 0 Å². The van der Waals surface area contributed by atoms with Crippen molar-refractivity contribution in [1.82, 2.24) is 9.38 Å². The molecule has 124 valence electrons. The van der Waals surface area contributed by atoms with Crippen molar-refractivity contribution in [2.45, 2.75) is 20.0 Å². The average molecular weight is 365 g/mol. The van der Waals surface area contributed by atoms with E-state index in [1.54, 1.807) is 12.1 Å². The van der Waals surface area contributed by atoms with Crippen molar-refractivity contribution >= 4 is 33.9 Å². The Bertz CT molecular complexity index is 934. The quantitative estimate of drug-likeness (QED) is 0.664. The summed E-state index contributed by atoms with van der Waals surface area (Å²) in [5.41, 5.74) is 2.54. The maximum atomic E-state index is 12.1. The number of fused-ring (bicyclic) bond motifs is 2. The molecule has 6 nitrogen and oxygen atoms in total. The van der Waals surface area contributed by atoms with Gasteiger partial charge >= 0.3 is 5.97 Å². The fraction of sp³-hybridized carbons (Fsp3) is 0.250. The van der Waals surface area contributed by atoms with Crippen LogP contribution in [0.15, 0.2) is 23.7 Å². The highest BCUT2D eigenvalue weighted by molar-refractivity contribution is 7.15. The molecule has 4 rings (SSSR count). The van der Waals surface area contributed by atoms with Crippen LogP contribution >= 0.6 is 22.9 Å². The molecule has 0 atom stereocenters. The molecule has 3 heterocycles. The molecule has 1 aromatic carbocycles. The Labute approximate surface area is 146 Å². The van der Waals surface area contributed by atoms with Crippen LogP contribution in [-0.4, -0.2) is 22.1 Å². The molecular weight excluding hydrogens is 352 g/mol. The van der Waals surface area contributed by atoms with Crippen molar-refractivity contribution in [3.05, 3.63) is 45.7 Å². The number of nitrogens with zero attached hydrogens (tertiary/aromatic N) is 2. The van der Waals surface area contributed by atoms with E-state index in [2.05, 4.69) is 4.98 Å². The highest BCUT2D eigenvalue weighted by atomic mass is 35.5. The van der Waals surface area contributed by atoms with Crippen LogP contribution in [0.1, 0.15) is 17.0 Å². The van der Waals surface area contributed by atoms with E-state index in [-0.39, 0.29) is 25.8 Å². The first-order chi connectivity index (χ1) is 11.6. The minimum Gasteiger partial charge on any atom is -0.461 e. The average Bonchev–Trinajstić information content (AvgIpc) is 3.22. The monoisotopic (exact) mass is 364 g/mol. The van der Waals surface area contributed by atoms with Crippen molar-refractivity contribution < 1.29 is 19.0 Å². The largest absolute Gasteiger partial charge is 0.461 e. The van der Waals surface area contributed by atoms with Gasteiger partial charge in [0.2, 0.25) is 6.79 Å². The molecule has 8 heteroatoms. The molecule has 0 spiro atoms. The summed E-state index contributed by atoms with van der Waals surface area (Å²) in [7, 11) is 0. The van der Waals surface area contributed by atoms with Gasteiger partial charge in [0.05, 0.1) is 17.1 Å². The Hall–Kier alpha value is -2.25. The smallest absolute Gasteiger partial charge is 0.312 e. The first-order valence-electron chi connectivity index (χ1n) is 7.26. The fourth-order valence-corrected chi connectivity index (χ4v) is 3.74. The third-order valence-electron chi connectivity index (χ3n) is 3.62. The van der Waals surface area contributed by atoms with Gasteiger partial charge in [0.1, 0.15) is 6.61 Å². The molecule has 0 fully saturated rings. The van der Waals surface area contributed by atoms with E-state index in [4.69, 9.17) is 25.8 Å². The summed E-state index contributed by atoms with van der Waals surface area (Å²) in [4.78, 5) is 17.4. The number of esters is 1. The number of hydrogen-bond acceptors (Lipinski definition) is 6. The standard InChI is InChI=1S/C16H13ClN2O4S/c1-9-5-19-11(7-24-16(19)18-9)4-14(20)21-6-10-2-12(17)15-13(3-10)22-8-23-15/h2-3,5,7H,4,6,8H2,1H3. The van der Waals surface area contributed by atoms with Crippen molar-refractivity contribution in [3.63, 3.8) is 0 Å². The Kier molecular flexibility index (Phi) is 3.82. The minimum absolute atomic E-state index is 0.130. The zero-order valence-corrected chi connectivity index (χ0v) is 14.3. The molecule has 24 heavy (non-hydrogen) atoms. The van der Waals surface area contributed by atoms with Crippen LogP contribution < -0.4 is 9.47 Å². The van der Waals surface area contributed by atoms with Crippen LogP contribution in [0, 0.1) is 6.92 Å². The summed E-state index contributed by atoms with van der Waals surface area (Å²) in [5.74, 6) is 0.791. The van der Waals surface area contributed by atoms with Gasteiger partial charge in [-0.05, 0) is 24.6 Å². The Balaban J connectivity index is 1.42. The lowest BCUT2D eigenvalue weighted by atomic mass is 10.2. The number of halogens is 1. The summed E-state index contributed by atoms with van der Waals surface area (Å²) < 4.78 is 17.8. The minimum atomic E-state index is -0.310. The third kappa shape index (κ3) is 2.81. The molecule has 0 radical (unpaired) electrons. The SMILES string of the molecule is Cc1cn2c(CC(=O)OCc3cc(Cl)c4c(c3)OCO4)csc2n1. The Morgan fingerprint density at radius 2 is 2.33 bits per heavy atom. The molecule has 1 aliphatic rings. The number of carbonyl (C=O) groups is 1. The summed E-state index contributed by atoms with van der Waals surface area (Å²) in [6.45, 7) is 2.20. The first kappa shape index (κ1) is 15.3. The van der Waals surface area contributed by atoms with E-state index in [9.17, 15) is 4.79 Å². The predicted octanol–water partition coefficient (Wildman–Crippen LogP) is 3.37. The second-order valence-electron chi connectivity index (χ2n) is 5.41. The molecule has 0 amide bonds. The van der Waals surface area contributed by atoms with Gasteiger partial charge in [-0.2, -0.15) is 0 Å². The number of rotatable bonds is 4. The van der Waals surface area contributed by atoms with E-state index >= 15 is 0 Å². The van der Waals surface area contributed by atoms with Crippen molar-refractivity contribution in [2.75, 3.05) is 6.79 Å². The molecular formula is C16H13ClN2O4S. The van der Waals surface area contributed by atoms with E-state index in [0.717, 1.165) is 21.9 Å². The summed E-state index contributed by atoms with van der Waals surface area (Å²) in [5, 5.41) is 2.37. The second kappa shape index (κ2) is 5.99. The molecule has 0 unspecified atom stereocenters. The summed E-state index contributed by atoms with van der Waals surface area (Å²) in [6, 6.07) is 3.48. The van der Waals surface area contributed by atoms with Crippen molar-refractivity contribution in [1.29, 1.82) is 0 Å². The van der Waals surface area contributed by atoms with E-state index in [0.29, 0.717) is 16.5 Å². The van der Waals surface area contributed by atoms with Gasteiger partial charge in [-0.3, -0.25) is 9.20 Å². The van der Waals surface area contributed by atoms with E-state index in [1.165, 1.54) is 11.3 Å². The van der Waals surface area contributed by atoms with Gasteiger partial charge in [-0.15, -0.1) is 11.3 Å². The van der Waals surface area contributed by atoms with E-state index in [1.807, 2.05) is 22.9 Å². The Morgan fingerprint density at radius 3 is 3.21 bits per heavy atom. The zero-order chi connectivity index (χ0) is 16.7. The number of imidazole rings is 1. The van der Waals surface area contributed by atoms with Gasteiger partial charge in [0.25, 0.3) is 0 Å².